The maximum Gasteiger partial charge on any atom is 0.272 e. The van der Waals surface area contributed by atoms with Crippen LogP contribution in [0.5, 0.6) is 0 Å². The molecule has 0 saturated carbocycles. The van der Waals surface area contributed by atoms with E-state index in [1.165, 1.54) is 17.8 Å². The number of hydrogen-bond acceptors (Lipinski definition) is 4. The van der Waals surface area contributed by atoms with Crippen molar-refractivity contribution in [2.24, 2.45) is 0 Å². The molecule has 0 unspecified atom stereocenters. The molecule has 4 aromatic carbocycles. The Morgan fingerprint density at radius 3 is 2.13 bits per heavy atom. The zero-order valence-corrected chi connectivity index (χ0v) is 23.1. The van der Waals surface area contributed by atoms with E-state index in [2.05, 4.69) is 26.6 Å². The van der Waals surface area contributed by atoms with Gasteiger partial charge in [-0.25, -0.2) is 0 Å². The minimum atomic E-state index is -0.500. The van der Waals surface area contributed by atoms with Crippen molar-refractivity contribution in [2.75, 3.05) is 11.1 Å². The van der Waals surface area contributed by atoms with Crippen LogP contribution in [0, 0.1) is 0 Å². The lowest BCUT2D eigenvalue weighted by molar-refractivity contribution is -0.113. The number of halogens is 2. The monoisotopic (exact) mass is 604 g/mol. The molecule has 5 nitrogen and oxygen atoms in total. The van der Waals surface area contributed by atoms with Gasteiger partial charge in [0.05, 0.1) is 5.75 Å². The molecule has 0 atom stereocenters. The molecular formula is C30H22BrClN2O3S. The van der Waals surface area contributed by atoms with Crippen LogP contribution >= 0.6 is 39.3 Å². The summed E-state index contributed by atoms with van der Waals surface area (Å²) in [7, 11) is 0. The first-order valence-electron chi connectivity index (χ1n) is 11.5. The fourth-order valence-corrected chi connectivity index (χ4v) is 4.64. The van der Waals surface area contributed by atoms with E-state index in [0.717, 1.165) is 9.37 Å². The van der Waals surface area contributed by atoms with Gasteiger partial charge in [-0.15, -0.1) is 11.8 Å². The average molecular weight is 606 g/mol. The second-order valence-corrected chi connectivity index (χ2v) is 10.5. The molecule has 0 spiro atoms. The normalized spacial score (nSPS) is 11.1. The maximum atomic E-state index is 13.2. The highest BCUT2D eigenvalue weighted by Gasteiger charge is 2.16. The number of benzene rings is 4. The van der Waals surface area contributed by atoms with E-state index >= 15 is 0 Å². The summed E-state index contributed by atoms with van der Waals surface area (Å²) < 4.78 is 0.920. The smallest absolute Gasteiger partial charge is 0.272 e. The third-order valence-corrected chi connectivity index (χ3v) is 7.27. The zero-order chi connectivity index (χ0) is 26.9. The number of anilines is 1. The van der Waals surface area contributed by atoms with Crippen molar-refractivity contribution < 1.29 is 14.4 Å². The highest BCUT2D eigenvalue weighted by molar-refractivity contribution is 9.10. The van der Waals surface area contributed by atoms with Gasteiger partial charge >= 0.3 is 0 Å². The minimum absolute atomic E-state index is 0.0309. The van der Waals surface area contributed by atoms with Crippen LogP contribution in [0.4, 0.5) is 5.69 Å². The molecule has 2 amide bonds. The number of rotatable bonds is 9. The molecule has 38 heavy (non-hydrogen) atoms. The fraction of sp³-hybridized carbons (Fsp3) is 0.0333. The lowest BCUT2D eigenvalue weighted by atomic mass is 10.1. The Hall–Kier alpha value is -3.65. The molecule has 0 bridgehead atoms. The molecule has 0 aliphatic rings. The molecule has 0 aliphatic heterocycles. The van der Waals surface area contributed by atoms with Crippen LogP contribution in [-0.2, 0) is 4.79 Å². The number of hydrogen-bond donors (Lipinski definition) is 2. The van der Waals surface area contributed by atoms with E-state index < -0.39 is 11.8 Å². The van der Waals surface area contributed by atoms with Crippen molar-refractivity contribution in [1.82, 2.24) is 5.32 Å². The van der Waals surface area contributed by atoms with Crippen LogP contribution in [0.25, 0.3) is 6.08 Å². The topological polar surface area (TPSA) is 75.3 Å². The first kappa shape index (κ1) is 27.4. The number of nitrogens with one attached hydrogen (secondary N) is 2. The Balaban J connectivity index is 1.44. The van der Waals surface area contributed by atoms with E-state index in [4.69, 9.17) is 11.6 Å². The summed E-state index contributed by atoms with van der Waals surface area (Å²) in [5.41, 5.74) is 2.25. The number of Topliss-reactive ketones (excluding diaryl/α,β-unsaturated/α-hetero) is 1. The van der Waals surface area contributed by atoms with Gasteiger partial charge in [-0.2, -0.15) is 0 Å². The Morgan fingerprint density at radius 2 is 1.45 bits per heavy atom. The van der Waals surface area contributed by atoms with E-state index in [9.17, 15) is 14.4 Å². The zero-order valence-electron chi connectivity index (χ0n) is 20.0. The molecule has 0 radical (unpaired) electrons. The van der Waals surface area contributed by atoms with Crippen molar-refractivity contribution in [1.29, 1.82) is 0 Å². The fourth-order valence-electron chi connectivity index (χ4n) is 3.39. The van der Waals surface area contributed by atoms with Crippen LogP contribution in [0.1, 0.15) is 26.3 Å². The molecule has 0 fully saturated rings. The van der Waals surface area contributed by atoms with Gasteiger partial charge in [0.2, 0.25) is 0 Å². The lowest BCUT2D eigenvalue weighted by Gasteiger charge is -2.12. The molecule has 0 aliphatic carbocycles. The van der Waals surface area contributed by atoms with Gasteiger partial charge in [-0.3, -0.25) is 14.4 Å². The van der Waals surface area contributed by atoms with Gasteiger partial charge in [0.15, 0.2) is 5.78 Å². The largest absolute Gasteiger partial charge is 0.321 e. The Kier molecular flexibility index (Phi) is 9.54. The Labute approximate surface area is 238 Å². The number of carbonyl (C=O) groups excluding carboxylic acids is 3. The second kappa shape index (κ2) is 13.2. The Morgan fingerprint density at radius 1 is 0.789 bits per heavy atom. The molecule has 0 heterocycles. The van der Waals surface area contributed by atoms with Crippen molar-refractivity contribution in [3.63, 3.8) is 0 Å². The van der Waals surface area contributed by atoms with Gasteiger partial charge in [-0.05, 0) is 66.2 Å². The second-order valence-electron chi connectivity index (χ2n) is 8.10. The van der Waals surface area contributed by atoms with Crippen LogP contribution in [0.2, 0.25) is 5.02 Å². The molecule has 4 aromatic rings. The number of carbonyl (C=O) groups is 3. The highest BCUT2D eigenvalue weighted by Crippen LogP contribution is 2.23. The molecule has 2 N–H and O–H groups in total. The SMILES string of the molecule is O=C(Nc1ccc(SCC(=O)c2ccc(Br)cc2)cc1)/C(=C/c1ccccc1Cl)NC(=O)c1ccccc1. The quantitative estimate of drug-likeness (QED) is 0.118. The van der Waals surface area contributed by atoms with Crippen molar-refractivity contribution in [3.8, 4) is 0 Å². The first-order valence-corrected chi connectivity index (χ1v) is 13.7. The maximum absolute atomic E-state index is 13.2. The van der Waals surface area contributed by atoms with Gasteiger partial charge in [-0.1, -0.05) is 76.1 Å². The first-order chi connectivity index (χ1) is 18.4. The number of thioether (sulfide) groups is 1. The summed E-state index contributed by atoms with van der Waals surface area (Å²) >= 11 is 11.1. The van der Waals surface area contributed by atoms with Gasteiger partial charge < -0.3 is 10.6 Å². The molecule has 190 valence electrons. The molecule has 4 rings (SSSR count). The summed E-state index contributed by atoms with van der Waals surface area (Å²) in [6.07, 6.45) is 1.54. The van der Waals surface area contributed by atoms with Crippen molar-refractivity contribution in [2.45, 2.75) is 4.90 Å². The average Bonchev–Trinajstić information content (AvgIpc) is 2.94. The number of ketones is 1. The standard InChI is InChI=1S/C30H22BrClN2O3S/c31-23-12-10-20(11-13-23)28(35)19-38-25-16-14-24(15-17-25)33-30(37)27(18-22-8-4-5-9-26(22)32)34-29(36)21-6-2-1-3-7-21/h1-18H,19H2,(H,33,37)(H,34,36)/b27-18-. The minimum Gasteiger partial charge on any atom is -0.321 e. The third-order valence-electron chi connectivity index (χ3n) is 5.38. The molecule has 8 heteroatoms. The summed E-state index contributed by atoms with van der Waals surface area (Å²) in [6.45, 7) is 0. The predicted octanol–water partition coefficient (Wildman–Crippen LogP) is 7.49. The van der Waals surface area contributed by atoms with Crippen LogP contribution in [-0.4, -0.2) is 23.4 Å². The van der Waals surface area contributed by atoms with Gasteiger partial charge in [0.25, 0.3) is 11.8 Å². The van der Waals surface area contributed by atoms with Crippen LogP contribution in [0.3, 0.4) is 0 Å². The Bertz CT molecular complexity index is 1470. The van der Waals surface area contributed by atoms with Gasteiger partial charge in [0, 0.05) is 31.2 Å². The van der Waals surface area contributed by atoms with E-state index in [0.29, 0.717) is 33.2 Å². The summed E-state index contributed by atoms with van der Waals surface area (Å²) in [5, 5.41) is 5.97. The van der Waals surface area contributed by atoms with Crippen LogP contribution in [0.15, 0.2) is 118 Å². The lowest BCUT2D eigenvalue weighted by Crippen LogP contribution is -2.30. The van der Waals surface area contributed by atoms with E-state index in [-0.39, 0.29) is 11.5 Å². The summed E-state index contributed by atoms with van der Waals surface area (Å²) in [4.78, 5) is 39.3. The predicted molar refractivity (Wildman–Crippen MR) is 158 cm³/mol. The van der Waals surface area contributed by atoms with Crippen molar-refractivity contribution >= 4 is 68.7 Å². The van der Waals surface area contributed by atoms with E-state index in [1.54, 1.807) is 72.8 Å². The highest BCUT2D eigenvalue weighted by atomic mass is 79.9. The summed E-state index contributed by atoms with van der Waals surface area (Å²) in [5.74, 6) is -0.589. The summed E-state index contributed by atoms with van der Waals surface area (Å²) in [6, 6.07) is 30.1. The molecule has 0 aromatic heterocycles. The third kappa shape index (κ3) is 7.68. The van der Waals surface area contributed by atoms with Crippen molar-refractivity contribution in [3.05, 3.63) is 135 Å². The van der Waals surface area contributed by atoms with E-state index in [1.807, 2.05) is 30.3 Å². The number of amides is 2. The molecule has 0 saturated heterocycles. The molecular weight excluding hydrogens is 584 g/mol. The van der Waals surface area contributed by atoms with Gasteiger partial charge in [0.1, 0.15) is 5.70 Å². The van der Waals surface area contributed by atoms with Crippen LogP contribution < -0.4 is 10.6 Å².